The van der Waals surface area contributed by atoms with Gasteiger partial charge in [0.25, 0.3) is 0 Å². The van der Waals surface area contributed by atoms with E-state index in [1.165, 1.54) is 16.7 Å². The fourth-order valence-electron chi connectivity index (χ4n) is 2.91. The number of amides is 1. The largest absolute Gasteiger partial charge is 0.311 e. The van der Waals surface area contributed by atoms with E-state index in [0.29, 0.717) is 6.42 Å². The van der Waals surface area contributed by atoms with Gasteiger partial charge in [-0.3, -0.25) is 4.79 Å². The molecule has 3 rings (SSSR count). The van der Waals surface area contributed by atoms with Gasteiger partial charge < -0.3 is 5.32 Å². The SMILES string of the molecule is Cc1ccc(C2CC(=O)Nc3c2cnn3C(C)C)cc1C. The Morgan fingerprint density at radius 3 is 2.71 bits per heavy atom. The molecule has 2 heterocycles. The van der Waals surface area contributed by atoms with Crippen LogP contribution in [0, 0.1) is 13.8 Å². The van der Waals surface area contributed by atoms with Crippen molar-refractivity contribution in [3.05, 3.63) is 46.6 Å². The number of carbonyl (C=O) groups excluding carboxylic acids is 1. The standard InChI is InChI=1S/C17H21N3O/c1-10(2)20-17-15(9-18-20)14(8-16(21)19-17)13-6-5-11(3)12(4)7-13/h5-7,9-10,14H,8H2,1-4H3,(H,19,21). The number of aromatic nitrogens is 2. The molecule has 1 aliphatic heterocycles. The Labute approximate surface area is 125 Å². The highest BCUT2D eigenvalue weighted by Crippen LogP contribution is 2.38. The van der Waals surface area contributed by atoms with Gasteiger partial charge in [-0.1, -0.05) is 18.2 Å². The van der Waals surface area contributed by atoms with E-state index in [1.54, 1.807) is 0 Å². The second kappa shape index (κ2) is 5.02. The average molecular weight is 283 g/mol. The number of hydrogen-bond donors (Lipinski definition) is 1. The number of fused-ring (bicyclic) bond motifs is 1. The van der Waals surface area contributed by atoms with Crippen LogP contribution in [-0.4, -0.2) is 15.7 Å². The number of nitrogens with zero attached hydrogens (tertiary/aromatic N) is 2. The van der Waals surface area contributed by atoms with E-state index in [2.05, 4.69) is 56.3 Å². The summed E-state index contributed by atoms with van der Waals surface area (Å²) in [5.74, 6) is 1.01. The van der Waals surface area contributed by atoms with Crippen LogP contribution in [0.5, 0.6) is 0 Å². The van der Waals surface area contributed by atoms with Gasteiger partial charge in [0.2, 0.25) is 5.91 Å². The molecule has 0 bridgehead atoms. The molecule has 1 N–H and O–H groups in total. The van der Waals surface area contributed by atoms with Crippen LogP contribution in [0.25, 0.3) is 0 Å². The summed E-state index contributed by atoms with van der Waals surface area (Å²) in [5, 5.41) is 7.43. The van der Waals surface area contributed by atoms with Gasteiger partial charge in [-0.2, -0.15) is 5.10 Å². The first-order chi connectivity index (χ1) is 9.97. The first-order valence-corrected chi connectivity index (χ1v) is 7.41. The van der Waals surface area contributed by atoms with E-state index in [0.717, 1.165) is 11.4 Å². The van der Waals surface area contributed by atoms with Crippen LogP contribution < -0.4 is 5.32 Å². The number of rotatable bonds is 2. The quantitative estimate of drug-likeness (QED) is 0.916. The van der Waals surface area contributed by atoms with E-state index in [9.17, 15) is 4.79 Å². The summed E-state index contributed by atoms with van der Waals surface area (Å²) >= 11 is 0. The number of carbonyl (C=O) groups is 1. The van der Waals surface area contributed by atoms with Gasteiger partial charge in [0.1, 0.15) is 5.82 Å². The maximum Gasteiger partial charge on any atom is 0.226 e. The molecule has 1 atom stereocenters. The van der Waals surface area contributed by atoms with Crippen molar-refractivity contribution in [1.29, 1.82) is 0 Å². The molecule has 0 saturated carbocycles. The molecule has 1 aromatic carbocycles. The van der Waals surface area contributed by atoms with E-state index in [1.807, 2.05) is 10.9 Å². The molecule has 1 aromatic heterocycles. The zero-order valence-corrected chi connectivity index (χ0v) is 13.0. The highest BCUT2D eigenvalue weighted by molar-refractivity contribution is 5.94. The van der Waals surface area contributed by atoms with E-state index in [-0.39, 0.29) is 17.9 Å². The van der Waals surface area contributed by atoms with Gasteiger partial charge in [-0.05, 0) is 44.4 Å². The van der Waals surface area contributed by atoms with Crippen molar-refractivity contribution in [2.75, 3.05) is 5.32 Å². The van der Waals surface area contributed by atoms with Crippen molar-refractivity contribution in [3.63, 3.8) is 0 Å². The lowest BCUT2D eigenvalue weighted by Gasteiger charge is -2.25. The lowest BCUT2D eigenvalue weighted by molar-refractivity contribution is -0.116. The monoisotopic (exact) mass is 283 g/mol. The minimum atomic E-state index is 0.0631. The molecule has 1 unspecified atom stereocenters. The molecule has 1 aliphatic rings. The van der Waals surface area contributed by atoms with Crippen molar-refractivity contribution in [3.8, 4) is 0 Å². The summed E-state index contributed by atoms with van der Waals surface area (Å²) in [6.07, 6.45) is 2.38. The zero-order chi connectivity index (χ0) is 15.1. The highest BCUT2D eigenvalue weighted by atomic mass is 16.1. The Morgan fingerprint density at radius 2 is 2.05 bits per heavy atom. The van der Waals surface area contributed by atoms with Gasteiger partial charge in [0, 0.05) is 23.9 Å². The molecule has 4 nitrogen and oxygen atoms in total. The molecular formula is C17H21N3O. The normalized spacial score (nSPS) is 17.8. The smallest absolute Gasteiger partial charge is 0.226 e. The van der Waals surface area contributed by atoms with Crippen LogP contribution in [0.2, 0.25) is 0 Å². The molecule has 0 saturated heterocycles. The predicted octanol–water partition coefficient (Wildman–Crippen LogP) is 3.55. The van der Waals surface area contributed by atoms with Gasteiger partial charge in [-0.25, -0.2) is 4.68 Å². The van der Waals surface area contributed by atoms with Crippen molar-refractivity contribution in [2.45, 2.75) is 46.1 Å². The van der Waals surface area contributed by atoms with Gasteiger partial charge in [-0.15, -0.1) is 0 Å². The molecular weight excluding hydrogens is 262 g/mol. The zero-order valence-electron chi connectivity index (χ0n) is 13.0. The maximum atomic E-state index is 12.1. The van der Waals surface area contributed by atoms with Crippen molar-refractivity contribution in [1.82, 2.24) is 9.78 Å². The third kappa shape index (κ3) is 2.35. The molecule has 0 aliphatic carbocycles. The number of aryl methyl sites for hydroxylation is 2. The second-order valence-electron chi connectivity index (χ2n) is 6.14. The van der Waals surface area contributed by atoms with Gasteiger partial charge in [0.05, 0.1) is 6.20 Å². The van der Waals surface area contributed by atoms with E-state index < -0.39 is 0 Å². The van der Waals surface area contributed by atoms with Crippen molar-refractivity contribution in [2.24, 2.45) is 0 Å². The highest BCUT2D eigenvalue weighted by Gasteiger charge is 2.30. The minimum absolute atomic E-state index is 0.0631. The Hall–Kier alpha value is -2.10. The molecule has 0 radical (unpaired) electrons. The summed E-state index contributed by atoms with van der Waals surface area (Å²) in [5.41, 5.74) is 4.84. The van der Waals surface area contributed by atoms with Crippen LogP contribution in [0.3, 0.4) is 0 Å². The lowest BCUT2D eigenvalue weighted by atomic mass is 9.86. The second-order valence-corrected chi connectivity index (χ2v) is 6.14. The average Bonchev–Trinajstić information content (AvgIpc) is 2.84. The Kier molecular flexibility index (Phi) is 3.32. The molecule has 1 amide bonds. The summed E-state index contributed by atoms with van der Waals surface area (Å²) in [7, 11) is 0. The molecule has 21 heavy (non-hydrogen) atoms. The van der Waals surface area contributed by atoms with Gasteiger partial charge in [0.15, 0.2) is 0 Å². The fourth-order valence-corrected chi connectivity index (χ4v) is 2.91. The van der Waals surface area contributed by atoms with Crippen LogP contribution >= 0.6 is 0 Å². The van der Waals surface area contributed by atoms with E-state index >= 15 is 0 Å². The fraction of sp³-hybridized carbons (Fsp3) is 0.412. The molecule has 2 aromatic rings. The summed E-state index contributed by atoms with van der Waals surface area (Å²) in [4.78, 5) is 12.1. The van der Waals surface area contributed by atoms with Crippen LogP contribution in [-0.2, 0) is 4.79 Å². The predicted molar refractivity (Wildman–Crippen MR) is 83.6 cm³/mol. The topological polar surface area (TPSA) is 46.9 Å². The Balaban J connectivity index is 2.09. The number of anilines is 1. The first kappa shape index (κ1) is 13.9. The minimum Gasteiger partial charge on any atom is -0.311 e. The Bertz CT molecular complexity index is 700. The van der Waals surface area contributed by atoms with Crippen molar-refractivity contribution >= 4 is 11.7 Å². The Morgan fingerprint density at radius 1 is 1.29 bits per heavy atom. The number of benzene rings is 1. The van der Waals surface area contributed by atoms with Crippen LogP contribution in [0.1, 0.15) is 54.5 Å². The first-order valence-electron chi connectivity index (χ1n) is 7.41. The molecule has 0 fully saturated rings. The molecule has 4 heteroatoms. The third-order valence-electron chi connectivity index (χ3n) is 4.27. The van der Waals surface area contributed by atoms with Crippen LogP contribution in [0.15, 0.2) is 24.4 Å². The number of nitrogens with one attached hydrogen (secondary N) is 1. The third-order valence-corrected chi connectivity index (χ3v) is 4.27. The van der Waals surface area contributed by atoms with Gasteiger partial charge >= 0.3 is 0 Å². The summed E-state index contributed by atoms with van der Waals surface area (Å²) < 4.78 is 1.89. The summed E-state index contributed by atoms with van der Waals surface area (Å²) in [6, 6.07) is 6.67. The van der Waals surface area contributed by atoms with Crippen molar-refractivity contribution < 1.29 is 4.79 Å². The number of hydrogen-bond acceptors (Lipinski definition) is 2. The lowest BCUT2D eigenvalue weighted by Crippen LogP contribution is -2.25. The van der Waals surface area contributed by atoms with E-state index in [4.69, 9.17) is 0 Å². The van der Waals surface area contributed by atoms with Crippen LogP contribution in [0.4, 0.5) is 5.82 Å². The molecule has 0 spiro atoms. The maximum absolute atomic E-state index is 12.1. The summed E-state index contributed by atoms with van der Waals surface area (Å²) in [6.45, 7) is 8.35. The molecule has 110 valence electrons.